The van der Waals surface area contributed by atoms with Crippen LogP contribution < -0.4 is 0 Å². The molecule has 0 fully saturated rings. The SMILES string of the molecule is CN(C)CCSC1Cc2ccccc2Sc2ccc(F)cc21.Cl. The molecule has 124 valence electrons. The second-order valence-corrected chi connectivity index (χ2v) is 8.15. The molecule has 23 heavy (non-hydrogen) atoms. The van der Waals surface area contributed by atoms with Crippen molar-refractivity contribution in [1.82, 2.24) is 4.90 Å². The lowest BCUT2D eigenvalue weighted by molar-refractivity contribution is 0.437. The molecule has 2 aromatic rings. The molecule has 2 aromatic carbocycles. The van der Waals surface area contributed by atoms with Crippen LogP contribution in [-0.4, -0.2) is 31.3 Å². The predicted molar refractivity (Wildman–Crippen MR) is 102 cm³/mol. The summed E-state index contributed by atoms with van der Waals surface area (Å²) in [4.78, 5) is 4.68. The molecule has 1 aliphatic rings. The number of nitrogens with zero attached hydrogens (tertiary/aromatic N) is 1. The molecule has 1 heterocycles. The van der Waals surface area contributed by atoms with Crippen molar-refractivity contribution >= 4 is 35.9 Å². The van der Waals surface area contributed by atoms with Crippen molar-refractivity contribution in [3.63, 3.8) is 0 Å². The fourth-order valence-electron chi connectivity index (χ4n) is 2.59. The molecule has 5 heteroatoms. The largest absolute Gasteiger partial charge is 0.309 e. The highest BCUT2D eigenvalue weighted by Gasteiger charge is 2.23. The van der Waals surface area contributed by atoms with Gasteiger partial charge < -0.3 is 4.90 Å². The molecule has 0 aromatic heterocycles. The van der Waals surface area contributed by atoms with Gasteiger partial charge in [-0.15, -0.1) is 12.4 Å². The summed E-state index contributed by atoms with van der Waals surface area (Å²) in [7, 11) is 4.18. The lowest BCUT2D eigenvalue weighted by Gasteiger charge is -2.18. The van der Waals surface area contributed by atoms with Crippen LogP contribution in [0, 0.1) is 5.82 Å². The van der Waals surface area contributed by atoms with Crippen molar-refractivity contribution in [2.24, 2.45) is 0 Å². The van der Waals surface area contributed by atoms with E-state index in [-0.39, 0.29) is 18.2 Å². The molecular weight excluding hydrogens is 349 g/mol. The molecule has 0 saturated carbocycles. The van der Waals surface area contributed by atoms with Crippen molar-refractivity contribution in [1.29, 1.82) is 0 Å². The average Bonchev–Trinajstić information content (AvgIpc) is 2.64. The van der Waals surface area contributed by atoms with Crippen LogP contribution in [-0.2, 0) is 6.42 Å². The summed E-state index contributed by atoms with van der Waals surface area (Å²) < 4.78 is 13.8. The number of rotatable bonds is 4. The third-order valence-corrected chi connectivity index (χ3v) is 6.23. The number of benzene rings is 2. The number of fused-ring (bicyclic) bond motifs is 2. The van der Waals surface area contributed by atoms with Gasteiger partial charge in [-0.1, -0.05) is 30.0 Å². The highest BCUT2D eigenvalue weighted by molar-refractivity contribution is 8.00. The van der Waals surface area contributed by atoms with Crippen LogP contribution in [0.1, 0.15) is 16.4 Å². The highest BCUT2D eigenvalue weighted by Crippen LogP contribution is 2.45. The van der Waals surface area contributed by atoms with Crippen LogP contribution in [0.5, 0.6) is 0 Å². The predicted octanol–water partition coefficient (Wildman–Crippen LogP) is 5.29. The van der Waals surface area contributed by atoms with Crippen LogP contribution in [0.15, 0.2) is 52.3 Å². The number of hydrogen-bond donors (Lipinski definition) is 0. The van der Waals surface area contributed by atoms with Gasteiger partial charge in [0.05, 0.1) is 0 Å². The molecule has 0 N–H and O–H groups in total. The zero-order valence-corrected chi connectivity index (χ0v) is 15.7. The van der Waals surface area contributed by atoms with Gasteiger partial charge in [0.2, 0.25) is 0 Å². The lowest BCUT2D eigenvalue weighted by atomic mass is 10.0. The molecule has 3 rings (SSSR count). The first-order valence-corrected chi connectivity index (χ1v) is 9.31. The van der Waals surface area contributed by atoms with E-state index in [1.165, 1.54) is 15.4 Å². The van der Waals surface area contributed by atoms with Gasteiger partial charge in [0.15, 0.2) is 0 Å². The lowest BCUT2D eigenvalue weighted by Crippen LogP contribution is -2.15. The first-order chi connectivity index (χ1) is 10.6. The Morgan fingerprint density at radius 1 is 1.17 bits per heavy atom. The highest BCUT2D eigenvalue weighted by atomic mass is 35.5. The van der Waals surface area contributed by atoms with E-state index in [0.29, 0.717) is 5.25 Å². The zero-order chi connectivity index (χ0) is 15.5. The Bertz CT molecular complexity index is 663. The van der Waals surface area contributed by atoms with Gasteiger partial charge in [0, 0.05) is 27.3 Å². The van der Waals surface area contributed by atoms with Gasteiger partial charge in [-0.3, -0.25) is 0 Å². The molecule has 1 nitrogen and oxygen atoms in total. The maximum atomic E-state index is 13.8. The molecule has 1 unspecified atom stereocenters. The van der Waals surface area contributed by atoms with Gasteiger partial charge >= 0.3 is 0 Å². The van der Waals surface area contributed by atoms with E-state index in [4.69, 9.17) is 0 Å². The molecular formula is C18H21ClFNS2. The van der Waals surface area contributed by atoms with Gasteiger partial charge in [-0.2, -0.15) is 11.8 Å². The number of thioether (sulfide) groups is 1. The monoisotopic (exact) mass is 369 g/mol. The van der Waals surface area contributed by atoms with E-state index in [1.807, 2.05) is 17.8 Å². The molecule has 0 bridgehead atoms. The van der Waals surface area contributed by atoms with E-state index in [0.717, 1.165) is 24.3 Å². The van der Waals surface area contributed by atoms with Crippen LogP contribution >= 0.6 is 35.9 Å². The van der Waals surface area contributed by atoms with Gasteiger partial charge in [-0.05, 0) is 55.9 Å². The van der Waals surface area contributed by atoms with Crippen molar-refractivity contribution in [3.8, 4) is 0 Å². The minimum Gasteiger partial charge on any atom is -0.309 e. The van der Waals surface area contributed by atoms with Crippen LogP contribution in [0.2, 0.25) is 0 Å². The van der Waals surface area contributed by atoms with Gasteiger partial charge in [-0.25, -0.2) is 4.39 Å². The minimum atomic E-state index is -0.136. The van der Waals surface area contributed by atoms with E-state index in [2.05, 4.69) is 43.3 Å². The Kier molecular flexibility index (Phi) is 6.84. The van der Waals surface area contributed by atoms with Crippen molar-refractivity contribution in [2.45, 2.75) is 21.5 Å². The summed E-state index contributed by atoms with van der Waals surface area (Å²) in [5.41, 5.74) is 2.51. The topological polar surface area (TPSA) is 3.24 Å². The second kappa shape index (κ2) is 8.43. The van der Waals surface area contributed by atoms with Gasteiger partial charge in [0.1, 0.15) is 5.82 Å². The van der Waals surface area contributed by atoms with Gasteiger partial charge in [0.25, 0.3) is 0 Å². The summed E-state index contributed by atoms with van der Waals surface area (Å²) in [5, 5.41) is 0.321. The summed E-state index contributed by atoms with van der Waals surface area (Å²) in [6, 6.07) is 13.8. The third kappa shape index (κ3) is 4.66. The number of hydrogen-bond acceptors (Lipinski definition) is 3. The van der Waals surface area contributed by atoms with E-state index >= 15 is 0 Å². The standard InChI is InChI=1S/C18H20FNS2.ClH/c1-20(2)9-10-21-18-11-13-5-3-4-6-16(13)22-17-8-7-14(19)12-15(17)18;/h3-8,12,18H,9-11H2,1-2H3;1H. The normalized spacial score (nSPS) is 16.3. The smallest absolute Gasteiger partial charge is 0.123 e. The van der Waals surface area contributed by atoms with E-state index in [1.54, 1.807) is 23.9 Å². The number of halogens is 2. The van der Waals surface area contributed by atoms with Crippen LogP contribution in [0.3, 0.4) is 0 Å². The minimum absolute atomic E-state index is 0. The van der Waals surface area contributed by atoms with Crippen molar-refractivity contribution < 1.29 is 4.39 Å². The first kappa shape index (κ1) is 18.7. The zero-order valence-electron chi connectivity index (χ0n) is 13.3. The van der Waals surface area contributed by atoms with Crippen LogP contribution in [0.25, 0.3) is 0 Å². The molecule has 0 spiro atoms. The first-order valence-electron chi connectivity index (χ1n) is 7.45. The molecule has 0 saturated heterocycles. The molecule has 1 aliphatic heterocycles. The summed E-state index contributed by atoms with van der Waals surface area (Å²) >= 11 is 3.70. The molecule has 0 aliphatic carbocycles. The quantitative estimate of drug-likeness (QED) is 0.720. The Morgan fingerprint density at radius 2 is 1.96 bits per heavy atom. The van der Waals surface area contributed by atoms with Crippen LogP contribution in [0.4, 0.5) is 4.39 Å². The summed E-state index contributed by atoms with van der Waals surface area (Å²) in [5.74, 6) is 0.920. The summed E-state index contributed by atoms with van der Waals surface area (Å²) in [6.45, 7) is 1.04. The fraction of sp³-hybridized carbons (Fsp3) is 0.333. The Hall–Kier alpha value is -0.680. The molecule has 0 radical (unpaired) electrons. The van der Waals surface area contributed by atoms with Crippen molar-refractivity contribution in [3.05, 3.63) is 59.4 Å². The molecule has 0 amide bonds. The molecule has 1 atom stereocenters. The maximum Gasteiger partial charge on any atom is 0.123 e. The van der Waals surface area contributed by atoms with Crippen molar-refractivity contribution in [2.75, 3.05) is 26.4 Å². The maximum absolute atomic E-state index is 13.8. The van der Waals surface area contributed by atoms with E-state index < -0.39 is 0 Å². The Morgan fingerprint density at radius 3 is 2.74 bits per heavy atom. The second-order valence-electron chi connectivity index (χ2n) is 5.76. The summed E-state index contributed by atoms with van der Waals surface area (Å²) in [6.07, 6.45) is 0.970. The Balaban J connectivity index is 0.00000192. The average molecular weight is 370 g/mol. The van der Waals surface area contributed by atoms with E-state index in [9.17, 15) is 4.39 Å². The Labute approximate surface area is 152 Å². The fourth-order valence-corrected chi connectivity index (χ4v) is 5.21. The third-order valence-electron chi connectivity index (χ3n) is 3.77.